The van der Waals surface area contributed by atoms with Gasteiger partial charge in [-0.2, -0.15) is 0 Å². The predicted molar refractivity (Wildman–Crippen MR) is 71.9 cm³/mol. The zero-order valence-corrected chi connectivity index (χ0v) is 11.1. The van der Waals surface area contributed by atoms with Crippen molar-refractivity contribution in [3.63, 3.8) is 0 Å². The van der Waals surface area contributed by atoms with E-state index in [0.29, 0.717) is 25.2 Å². The van der Waals surface area contributed by atoms with E-state index in [1.807, 2.05) is 0 Å². The lowest BCUT2D eigenvalue weighted by molar-refractivity contribution is -0.384. The van der Waals surface area contributed by atoms with Crippen molar-refractivity contribution in [3.8, 4) is 0 Å². The standard InChI is InChI=1S/C13H16N2O5/c1-20-13(17)9-4-5-11(15(18)19)12(7-9)14-6-2-3-10(16)8-14/h4-5,7,10,16H,2-3,6,8H2,1H3. The molecular formula is C13H16N2O5. The number of methoxy groups -OCH3 is 1. The second-order valence-electron chi connectivity index (χ2n) is 4.69. The molecule has 2 rings (SSSR count). The Kier molecular flexibility index (Phi) is 4.19. The number of benzene rings is 1. The molecule has 0 bridgehead atoms. The first kappa shape index (κ1) is 14.3. The van der Waals surface area contributed by atoms with Crippen molar-refractivity contribution >= 4 is 17.3 Å². The normalized spacial score (nSPS) is 18.7. The lowest BCUT2D eigenvalue weighted by Crippen LogP contribution is -2.38. The van der Waals surface area contributed by atoms with Gasteiger partial charge in [0.1, 0.15) is 5.69 Å². The van der Waals surface area contributed by atoms with Crippen molar-refractivity contribution in [2.45, 2.75) is 18.9 Å². The summed E-state index contributed by atoms with van der Waals surface area (Å²) < 4.78 is 4.62. The highest BCUT2D eigenvalue weighted by Crippen LogP contribution is 2.31. The number of hydrogen-bond acceptors (Lipinski definition) is 6. The topological polar surface area (TPSA) is 92.9 Å². The average Bonchev–Trinajstić information content (AvgIpc) is 2.45. The summed E-state index contributed by atoms with van der Waals surface area (Å²) in [6.45, 7) is 0.938. The number of nitro benzene ring substituents is 1. The minimum absolute atomic E-state index is 0.0771. The van der Waals surface area contributed by atoms with Gasteiger partial charge in [-0.1, -0.05) is 0 Å². The molecule has 0 aromatic heterocycles. The van der Waals surface area contributed by atoms with Crippen LogP contribution in [0.4, 0.5) is 11.4 Å². The van der Waals surface area contributed by atoms with Crippen LogP contribution in [0.25, 0.3) is 0 Å². The fourth-order valence-corrected chi connectivity index (χ4v) is 2.35. The highest BCUT2D eigenvalue weighted by Gasteiger charge is 2.25. The summed E-state index contributed by atoms with van der Waals surface area (Å²) in [4.78, 5) is 23.9. The van der Waals surface area contributed by atoms with E-state index in [4.69, 9.17) is 0 Å². The van der Waals surface area contributed by atoms with Crippen LogP contribution < -0.4 is 4.90 Å². The van der Waals surface area contributed by atoms with Gasteiger partial charge in [0.15, 0.2) is 0 Å². The second-order valence-corrected chi connectivity index (χ2v) is 4.69. The number of β-amino-alcohol motifs (C(OH)–C–C–N with tert-alkyl or cyclic N) is 1. The van der Waals surface area contributed by atoms with Gasteiger partial charge < -0.3 is 14.7 Å². The summed E-state index contributed by atoms with van der Waals surface area (Å²) in [6, 6.07) is 4.11. The molecule has 0 radical (unpaired) electrons. The number of carbonyl (C=O) groups is 1. The summed E-state index contributed by atoms with van der Waals surface area (Å²) in [6.07, 6.45) is 0.923. The second kappa shape index (κ2) is 5.87. The van der Waals surface area contributed by atoms with E-state index < -0.39 is 17.0 Å². The van der Waals surface area contributed by atoms with Crippen molar-refractivity contribution in [2.24, 2.45) is 0 Å². The van der Waals surface area contributed by atoms with Crippen LogP contribution >= 0.6 is 0 Å². The number of aliphatic hydroxyl groups excluding tert-OH is 1. The van der Waals surface area contributed by atoms with Gasteiger partial charge in [0, 0.05) is 19.2 Å². The van der Waals surface area contributed by atoms with Crippen LogP contribution in [0.3, 0.4) is 0 Å². The van der Waals surface area contributed by atoms with Gasteiger partial charge in [-0.25, -0.2) is 4.79 Å². The molecule has 0 saturated carbocycles. The zero-order valence-electron chi connectivity index (χ0n) is 11.1. The molecule has 1 aromatic carbocycles. The number of hydrogen-bond donors (Lipinski definition) is 1. The summed E-state index contributed by atoms with van der Waals surface area (Å²) in [5, 5.41) is 20.8. The number of esters is 1. The number of nitrogens with zero attached hydrogens (tertiary/aromatic N) is 2. The maximum atomic E-state index is 11.5. The third-order valence-electron chi connectivity index (χ3n) is 3.33. The monoisotopic (exact) mass is 280 g/mol. The van der Waals surface area contributed by atoms with Gasteiger partial charge >= 0.3 is 5.97 Å². The SMILES string of the molecule is COC(=O)c1ccc([N+](=O)[O-])c(N2CCCC(O)C2)c1. The van der Waals surface area contributed by atoms with Crippen LogP contribution in [-0.2, 0) is 4.74 Å². The van der Waals surface area contributed by atoms with Gasteiger partial charge in [0.05, 0.1) is 23.7 Å². The van der Waals surface area contributed by atoms with Gasteiger partial charge in [-0.3, -0.25) is 10.1 Å². The van der Waals surface area contributed by atoms with Crippen LogP contribution in [0.15, 0.2) is 18.2 Å². The Morgan fingerprint density at radius 2 is 2.30 bits per heavy atom. The predicted octanol–water partition coefficient (Wildman–Crippen LogP) is 1.34. The van der Waals surface area contributed by atoms with Gasteiger partial charge in [-0.05, 0) is 25.0 Å². The van der Waals surface area contributed by atoms with E-state index in [2.05, 4.69) is 4.74 Å². The molecule has 7 heteroatoms. The lowest BCUT2D eigenvalue weighted by Gasteiger charge is -2.31. The van der Waals surface area contributed by atoms with Crippen molar-refractivity contribution in [1.82, 2.24) is 0 Å². The molecule has 1 fully saturated rings. The van der Waals surface area contributed by atoms with Crippen molar-refractivity contribution in [3.05, 3.63) is 33.9 Å². The molecule has 0 amide bonds. The fourth-order valence-electron chi connectivity index (χ4n) is 2.35. The van der Waals surface area contributed by atoms with Crippen LogP contribution in [0, 0.1) is 10.1 Å². The number of rotatable bonds is 3. The van der Waals surface area contributed by atoms with Crippen molar-refractivity contribution < 1.29 is 19.6 Å². The molecule has 0 spiro atoms. The molecule has 1 N–H and O–H groups in total. The third-order valence-corrected chi connectivity index (χ3v) is 3.33. The number of aliphatic hydroxyl groups is 1. The molecular weight excluding hydrogens is 264 g/mol. The van der Waals surface area contributed by atoms with Gasteiger partial charge in [-0.15, -0.1) is 0 Å². The maximum Gasteiger partial charge on any atom is 0.337 e. The Bertz CT molecular complexity index is 531. The van der Waals surface area contributed by atoms with Crippen LogP contribution in [0.5, 0.6) is 0 Å². The van der Waals surface area contributed by atoms with Crippen molar-refractivity contribution in [2.75, 3.05) is 25.1 Å². The zero-order chi connectivity index (χ0) is 14.7. The summed E-state index contributed by atoms with van der Waals surface area (Å²) in [7, 11) is 1.26. The van der Waals surface area contributed by atoms with Gasteiger partial charge in [0.25, 0.3) is 5.69 Å². The number of nitro groups is 1. The molecule has 108 valence electrons. The highest BCUT2D eigenvalue weighted by atomic mass is 16.6. The fraction of sp³-hybridized carbons (Fsp3) is 0.462. The minimum atomic E-state index is -0.543. The molecule has 1 aliphatic heterocycles. The molecule has 1 aliphatic rings. The minimum Gasteiger partial charge on any atom is -0.465 e. The molecule has 7 nitrogen and oxygen atoms in total. The first-order valence-electron chi connectivity index (χ1n) is 6.32. The Hall–Kier alpha value is -2.15. The quantitative estimate of drug-likeness (QED) is 0.510. The smallest absolute Gasteiger partial charge is 0.337 e. The van der Waals surface area contributed by atoms with Crippen LogP contribution in [0.2, 0.25) is 0 Å². The number of ether oxygens (including phenoxy) is 1. The van der Waals surface area contributed by atoms with Gasteiger partial charge in [0.2, 0.25) is 0 Å². The van der Waals surface area contributed by atoms with E-state index in [1.165, 1.54) is 25.3 Å². The summed E-state index contributed by atoms with van der Waals surface area (Å²) >= 11 is 0. The third kappa shape index (κ3) is 2.88. The Labute approximate surface area is 115 Å². The van der Waals surface area contributed by atoms with E-state index >= 15 is 0 Å². The average molecular weight is 280 g/mol. The Morgan fingerprint density at radius 1 is 1.55 bits per heavy atom. The first-order valence-corrected chi connectivity index (χ1v) is 6.32. The number of carbonyl (C=O) groups excluding carboxylic acids is 1. The van der Waals surface area contributed by atoms with E-state index in [-0.39, 0.29) is 11.3 Å². The largest absolute Gasteiger partial charge is 0.465 e. The van der Waals surface area contributed by atoms with E-state index in [0.717, 1.165) is 6.42 Å². The van der Waals surface area contributed by atoms with Crippen molar-refractivity contribution in [1.29, 1.82) is 0 Å². The van der Waals surface area contributed by atoms with Crippen LogP contribution in [-0.4, -0.2) is 42.3 Å². The maximum absolute atomic E-state index is 11.5. The molecule has 0 aliphatic carbocycles. The van der Waals surface area contributed by atoms with E-state index in [1.54, 1.807) is 4.90 Å². The summed E-state index contributed by atoms with van der Waals surface area (Å²) in [5.74, 6) is -0.543. The molecule has 1 heterocycles. The number of anilines is 1. The molecule has 1 saturated heterocycles. The molecule has 1 unspecified atom stereocenters. The molecule has 1 atom stereocenters. The molecule has 20 heavy (non-hydrogen) atoms. The Morgan fingerprint density at radius 3 is 2.90 bits per heavy atom. The molecule has 1 aromatic rings. The number of piperidine rings is 1. The summed E-state index contributed by atoms with van der Waals surface area (Å²) in [5.41, 5.74) is 0.525. The first-order chi connectivity index (χ1) is 9.52. The van der Waals surface area contributed by atoms with E-state index in [9.17, 15) is 20.0 Å². The van der Waals surface area contributed by atoms with Crippen LogP contribution in [0.1, 0.15) is 23.2 Å². The lowest BCUT2D eigenvalue weighted by atomic mass is 10.1. The highest BCUT2D eigenvalue weighted by molar-refractivity contribution is 5.91. The Balaban J connectivity index is 2.41.